The number of ether oxygens (including phenoxy) is 1. The van der Waals surface area contributed by atoms with Crippen molar-refractivity contribution in [3.05, 3.63) is 41.0 Å². The number of rotatable bonds is 7. The second-order valence-electron chi connectivity index (χ2n) is 4.66. The Morgan fingerprint density at radius 3 is 2.52 bits per heavy atom. The molecule has 2 rings (SSSR count). The molecule has 0 saturated carbocycles. The zero-order chi connectivity index (χ0) is 18.2. The van der Waals surface area contributed by atoms with Crippen molar-refractivity contribution in [1.82, 2.24) is 9.97 Å². The number of carbonyl (C=O) groups excluding carboxylic acids is 1. The van der Waals surface area contributed by atoms with Crippen LogP contribution in [0.2, 0.25) is 0 Å². The van der Waals surface area contributed by atoms with Crippen molar-refractivity contribution in [3.63, 3.8) is 0 Å². The van der Waals surface area contributed by atoms with E-state index in [9.17, 15) is 10.1 Å². The fraction of sp³-hybridized carbons (Fsp3) is 0.188. The molecule has 0 radical (unpaired) electrons. The van der Waals surface area contributed by atoms with E-state index in [0.29, 0.717) is 15.7 Å². The maximum absolute atomic E-state index is 11.0. The number of amides is 1. The van der Waals surface area contributed by atoms with Crippen molar-refractivity contribution in [3.8, 4) is 18.0 Å². The van der Waals surface area contributed by atoms with Gasteiger partial charge < -0.3 is 10.5 Å². The summed E-state index contributed by atoms with van der Waals surface area (Å²) < 4.78 is 5.68. The zero-order valence-electron chi connectivity index (χ0n) is 13.2. The summed E-state index contributed by atoms with van der Waals surface area (Å²) >= 11 is 2.37. The highest BCUT2D eigenvalue weighted by Gasteiger charge is 2.17. The van der Waals surface area contributed by atoms with E-state index < -0.39 is 5.91 Å². The second kappa shape index (κ2) is 8.92. The highest BCUT2D eigenvalue weighted by molar-refractivity contribution is 8.00. The second-order valence-corrected chi connectivity index (χ2v) is 6.40. The van der Waals surface area contributed by atoms with Gasteiger partial charge in [-0.15, -0.1) is 0 Å². The van der Waals surface area contributed by atoms with E-state index in [1.54, 1.807) is 30.5 Å². The van der Waals surface area contributed by atoms with E-state index in [0.717, 1.165) is 17.3 Å². The monoisotopic (exact) mass is 371 g/mol. The molecule has 1 aromatic carbocycles. The third-order valence-electron chi connectivity index (χ3n) is 2.93. The van der Waals surface area contributed by atoms with E-state index in [4.69, 9.17) is 15.7 Å². The summed E-state index contributed by atoms with van der Waals surface area (Å²) in [5.41, 5.74) is 6.70. The largest absolute Gasteiger partial charge is 0.472 e. The van der Waals surface area contributed by atoms with Gasteiger partial charge in [-0.25, -0.2) is 4.98 Å². The van der Waals surface area contributed by atoms with E-state index in [2.05, 4.69) is 9.97 Å². The van der Waals surface area contributed by atoms with Gasteiger partial charge in [0.2, 0.25) is 11.8 Å². The van der Waals surface area contributed by atoms with Gasteiger partial charge in [-0.1, -0.05) is 35.7 Å². The Kier molecular flexibility index (Phi) is 6.63. The van der Waals surface area contributed by atoms with Gasteiger partial charge in [0.15, 0.2) is 5.16 Å². The van der Waals surface area contributed by atoms with Crippen LogP contribution in [0.1, 0.15) is 16.7 Å². The van der Waals surface area contributed by atoms with E-state index in [1.165, 1.54) is 11.8 Å². The average Bonchev–Trinajstić information content (AvgIpc) is 2.64. The Bertz CT molecular complexity index is 857. The maximum atomic E-state index is 11.0. The number of carbonyl (C=O) groups is 1. The highest BCUT2D eigenvalue weighted by atomic mass is 32.2. The topological polar surface area (TPSA) is 126 Å². The predicted octanol–water partition coefficient (Wildman–Crippen LogP) is 2.10. The molecule has 0 aliphatic carbocycles. The van der Waals surface area contributed by atoms with Crippen LogP contribution in [0.5, 0.6) is 5.88 Å². The standard InChI is InChI=1S/C16H13N5O2S2/c1-24-16-20-14(12(7-18)15(21-16)25-9-13(19)22)23-8-11-4-2-10(6-17)3-5-11/h2-5H,8-9H2,1H3,(H2,19,22). The van der Waals surface area contributed by atoms with Crippen molar-refractivity contribution in [2.75, 3.05) is 12.0 Å². The molecular weight excluding hydrogens is 358 g/mol. The maximum Gasteiger partial charge on any atom is 0.237 e. The van der Waals surface area contributed by atoms with Crippen LogP contribution in [0.4, 0.5) is 0 Å². The van der Waals surface area contributed by atoms with Gasteiger partial charge in [-0.3, -0.25) is 4.79 Å². The summed E-state index contributed by atoms with van der Waals surface area (Å²) in [5.74, 6) is -0.342. The lowest BCUT2D eigenvalue weighted by Gasteiger charge is -2.11. The van der Waals surface area contributed by atoms with Crippen molar-refractivity contribution in [1.29, 1.82) is 10.5 Å². The fourth-order valence-electron chi connectivity index (χ4n) is 1.76. The molecule has 0 spiro atoms. The van der Waals surface area contributed by atoms with Crippen molar-refractivity contribution in [2.24, 2.45) is 5.73 Å². The lowest BCUT2D eigenvalue weighted by Crippen LogP contribution is -2.13. The van der Waals surface area contributed by atoms with Crippen LogP contribution in [0.15, 0.2) is 34.4 Å². The first-order valence-corrected chi connectivity index (χ1v) is 9.17. The molecule has 0 bridgehead atoms. The van der Waals surface area contributed by atoms with Gasteiger partial charge in [0, 0.05) is 0 Å². The molecule has 9 heteroatoms. The minimum atomic E-state index is -0.502. The minimum absolute atomic E-state index is 0.00851. The SMILES string of the molecule is CSc1nc(OCc2ccc(C#N)cc2)c(C#N)c(SCC(N)=O)n1. The van der Waals surface area contributed by atoms with Gasteiger partial charge in [-0.05, 0) is 24.0 Å². The molecule has 0 aliphatic rings. The van der Waals surface area contributed by atoms with E-state index in [1.807, 2.05) is 12.1 Å². The molecule has 0 aliphatic heterocycles. The number of nitriles is 2. The molecule has 7 nitrogen and oxygen atoms in total. The van der Waals surface area contributed by atoms with Crippen LogP contribution in [0.3, 0.4) is 0 Å². The molecule has 126 valence electrons. The number of hydrogen-bond donors (Lipinski definition) is 1. The Labute approximate surface area is 153 Å². The van der Waals surface area contributed by atoms with Crippen molar-refractivity contribution >= 4 is 29.4 Å². The third-order valence-corrected chi connectivity index (χ3v) is 4.47. The molecule has 1 aromatic heterocycles. The lowest BCUT2D eigenvalue weighted by molar-refractivity contribution is -0.115. The fourth-order valence-corrected chi connectivity index (χ4v) is 2.89. The number of primary amides is 1. The number of nitrogens with two attached hydrogens (primary N) is 1. The normalized spacial score (nSPS) is 9.88. The Balaban J connectivity index is 2.25. The van der Waals surface area contributed by atoms with Gasteiger partial charge in [0.05, 0.1) is 17.4 Å². The predicted molar refractivity (Wildman–Crippen MR) is 93.9 cm³/mol. The van der Waals surface area contributed by atoms with E-state index in [-0.39, 0.29) is 23.8 Å². The summed E-state index contributed by atoms with van der Waals surface area (Å²) in [6.07, 6.45) is 1.80. The summed E-state index contributed by atoms with van der Waals surface area (Å²) in [4.78, 5) is 19.5. The van der Waals surface area contributed by atoms with Gasteiger partial charge in [-0.2, -0.15) is 15.5 Å². The lowest BCUT2D eigenvalue weighted by atomic mass is 10.2. The zero-order valence-corrected chi connectivity index (χ0v) is 14.9. The molecule has 25 heavy (non-hydrogen) atoms. The number of nitrogens with zero attached hydrogens (tertiary/aromatic N) is 4. The summed E-state index contributed by atoms with van der Waals surface area (Å²) in [7, 11) is 0. The van der Waals surface area contributed by atoms with Gasteiger partial charge >= 0.3 is 0 Å². The van der Waals surface area contributed by atoms with E-state index >= 15 is 0 Å². The van der Waals surface area contributed by atoms with Crippen LogP contribution >= 0.6 is 23.5 Å². The quantitative estimate of drug-likeness (QED) is 0.445. The first kappa shape index (κ1) is 18.6. The van der Waals surface area contributed by atoms with Crippen LogP contribution in [0.25, 0.3) is 0 Å². The average molecular weight is 371 g/mol. The van der Waals surface area contributed by atoms with Crippen LogP contribution in [-0.4, -0.2) is 27.9 Å². The molecule has 2 N–H and O–H groups in total. The van der Waals surface area contributed by atoms with Gasteiger partial charge in [0.1, 0.15) is 23.3 Å². The van der Waals surface area contributed by atoms with Gasteiger partial charge in [0.25, 0.3) is 0 Å². The summed E-state index contributed by atoms with van der Waals surface area (Å²) in [5, 5.41) is 19.0. The molecule has 0 saturated heterocycles. The first-order chi connectivity index (χ1) is 12.1. The molecule has 0 fully saturated rings. The molecule has 1 heterocycles. The number of aromatic nitrogens is 2. The number of benzene rings is 1. The van der Waals surface area contributed by atoms with Crippen LogP contribution in [0, 0.1) is 22.7 Å². The molecule has 1 amide bonds. The highest BCUT2D eigenvalue weighted by Crippen LogP contribution is 2.29. The summed E-state index contributed by atoms with van der Waals surface area (Å²) in [6, 6.07) is 11.0. The van der Waals surface area contributed by atoms with Crippen molar-refractivity contribution < 1.29 is 9.53 Å². The molecule has 0 unspecified atom stereocenters. The van der Waals surface area contributed by atoms with Crippen molar-refractivity contribution in [2.45, 2.75) is 16.8 Å². The smallest absolute Gasteiger partial charge is 0.237 e. The summed E-state index contributed by atoms with van der Waals surface area (Å²) in [6.45, 7) is 0.186. The number of hydrogen-bond acceptors (Lipinski definition) is 8. The molecular formula is C16H13N5O2S2. The molecule has 2 aromatic rings. The Morgan fingerprint density at radius 1 is 1.24 bits per heavy atom. The van der Waals surface area contributed by atoms with Crippen LogP contribution in [-0.2, 0) is 11.4 Å². The minimum Gasteiger partial charge on any atom is -0.472 e. The Morgan fingerprint density at radius 2 is 1.96 bits per heavy atom. The number of thioether (sulfide) groups is 2. The van der Waals surface area contributed by atoms with Crippen LogP contribution < -0.4 is 10.5 Å². The molecule has 0 atom stereocenters. The Hall–Kier alpha value is -2.75. The third kappa shape index (κ3) is 5.11. The first-order valence-electron chi connectivity index (χ1n) is 6.96.